The van der Waals surface area contributed by atoms with Crippen LogP contribution in [0.1, 0.15) is 38.3 Å². The topological polar surface area (TPSA) is 21.3 Å². The summed E-state index contributed by atoms with van der Waals surface area (Å²) in [5.41, 5.74) is 2.03. The van der Waals surface area contributed by atoms with Gasteiger partial charge in [0.05, 0.1) is 5.60 Å². The zero-order valence-corrected chi connectivity index (χ0v) is 12.7. The largest absolute Gasteiger partial charge is 0.379 e. The minimum Gasteiger partial charge on any atom is -0.379 e. The first-order valence-corrected chi connectivity index (χ1v) is 6.91. The molecule has 0 spiro atoms. The van der Waals surface area contributed by atoms with E-state index in [0.29, 0.717) is 6.04 Å². The van der Waals surface area contributed by atoms with Crippen molar-refractivity contribution >= 4 is 0 Å². The summed E-state index contributed by atoms with van der Waals surface area (Å²) in [7, 11) is 1.73. The van der Waals surface area contributed by atoms with Gasteiger partial charge in [0.15, 0.2) is 0 Å². The van der Waals surface area contributed by atoms with Crippen LogP contribution in [0.3, 0.4) is 0 Å². The summed E-state index contributed by atoms with van der Waals surface area (Å²) >= 11 is 0. The molecule has 1 unspecified atom stereocenters. The smallest absolute Gasteiger partial charge is 0.123 e. The number of halogens is 1. The van der Waals surface area contributed by atoms with Crippen LogP contribution in [0, 0.1) is 12.7 Å². The molecule has 0 fully saturated rings. The molecule has 108 valence electrons. The van der Waals surface area contributed by atoms with Crippen molar-refractivity contribution in [1.82, 2.24) is 5.32 Å². The number of hydrogen-bond donors (Lipinski definition) is 1. The number of ether oxygens (including phenoxy) is 1. The van der Waals surface area contributed by atoms with Crippen molar-refractivity contribution in [2.75, 3.05) is 13.7 Å². The summed E-state index contributed by atoms with van der Waals surface area (Å²) < 4.78 is 18.8. The quantitative estimate of drug-likeness (QED) is 0.816. The van der Waals surface area contributed by atoms with Gasteiger partial charge in [-0.25, -0.2) is 4.39 Å². The first kappa shape index (κ1) is 16.1. The number of benzene rings is 1. The van der Waals surface area contributed by atoms with E-state index in [1.165, 1.54) is 6.07 Å². The van der Waals surface area contributed by atoms with Crippen LogP contribution in [-0.2, 0) is 11.2 Å². The Hall–Kier alpha value is -0.930. The second-order valence-electron chi connectivity index (χ2n) is 5.70. The molecule has 1 aromatic carbocycles. The Kier molecular flexibility index (Phi) is 5.95. The third-order valence-electron chi connectivity index (χ3n) is 3.56. The van der Waals surface area contributed by atoms with Crippen molar-refractivity contribution in [1.29, 1.82) is 0 Å². The minimum atomic E-state index is -0.173. The van der Waals surface area contributed by atoms with Gasteiger partial charge in [0.2, 0.25) is 0 Å². The summed E-state index contributed by atoms with van der Waals surface area (Å²) in [5, 5.41) is 3.47. The summed E-state index contributed by atoms with van der Waals surface area (Å²) in [5.74, 6) is -0.165. The van der Waals surface area contributed by atoms with Crippen LogP contribution in [0.5, 0.6) is 0 Å². The van der Waals surface area contributed by atoms with Gasteiger partial charge >= 0.3 is 0 Å². The van der Waals surface area contributed by atoms with E-state index in [1.54, 1.807) is 13.2 Å². The molecule has 0 amide bonds. The molecular weight excluding hydrogens is 241 g/mol. The van der Waals surface area contributed by atoms with Crippen LogP contribution in [0.15, 0.2) is 18.2 Å². The number of likely N-dealkylation sites (N-methyl/N-ethyl adjacent to an activating group) is 1. The number of nitrogens with one attached hydrogen (secondary N) is 1. The predicted octanol–water partition coefficient (Wildman–Crippen LogP) is 3.47. The lowest BCUT2D eigenvalue weighted by molar-refractivity contribution is 0.00725. The third kappa shape index (κ3) is 5.29. The Morgan fingerprint density at radius 2 is 2.05 bits per heavy atom. The van der Waals surface area contributed by atoms with E-state index in [-0.39, 0.29) is 11.4 Å². The highest BCUT2D eigenvalue weighted by atomic mass is 19.1. The van der Waals surface area contributed by atoms with E-state index in [4.69, 9.17) is 4.74 Å². The highest BCUT2D eigenvalue weighted by Gasteiger charge is 2.23. The van der Waals surface area contributed by atoms with E-state index in [2.05, 4.69) is 26.1 Å². The molecular formula is C16H26FNO. The maximum absolute atomic E-state index is 13.3. The minimum absolute atomic E-state index is 0.165. The highest BCUT2D eigenvalue weighted by molar-refractivity contribution is 5.27. The second-order valence-corrected chi connectivity index (χ2v) is 5.70. The molecule has 0 saturated heterocycles. The van der Waals surface area contributed by atoms with Crippen molar-refractivity contribution in [3.63, 3.8) is 0 Å². The standard InChI is InChI=1S/C16H26FNO/c1-6-18-15(11-16(3,4)19-5)10-13-9-14(17)8-7-12(13)2/h7-9,15,18H,6,10-11H2,1-5H3. The van der Waals surface area contributed by atoms with Crippen LogP contribution in [0.4, 0.5) is 4.39 Å². The number of rotatable bonds is 7. The Labute approximate surface area is 116 Å². The van der Waals surface area contributed by atoms with Gasteiger partial charge in [-0.15, -0.1) is 0 Å². The molecule has 19 heavy (non-hydrogen) atoms. The molecule has 1 N–H and O–H groups in total. The van der Waals surface area contributed by atoms with Gasteiger partial charge in [-0.05, 0) is 63.4 Å². The molecule has 0 bridgehead atoms. The Balaban J connectivity index is 2.80. The van der Waals surface area contributed by atoms with Crippen molar-refractivity contribution in [3.8, 4) is 0 Å². The molecule has 0 heterocycles. The molecule has 2 nitrogen and oxygen atoms in total. The second kappa shape index (κ2) is 7.01. The molecule has 1 atom stereocenters. The zero-order valence-electron chi connectivity index (χ0n) is 12.7. The SMILES string of the molecule is CCNC(Cc1cc(F)ccc1C)CC(C)(C)OC. The summed E-state index contributed by atoms with van der Waals surface area (Å²) in [6.45, 7) is 9.18. The number of hydrogen-bond acceptors (Lipinski definition) is 2. The monoisotopic (exact) mass is 267 g/mol. The summed E-state index contributed by atoms with van der Waals surface area (Å²) in [6.07, 6.45) is 1.72. The Morgan fingerprint density at radius 3 is 2.63 bits per heavy atom. The molecule has 0 aliphatic heterocycles. The lowest BCUT2D eigenvalue weighted by atomic mass is 9.92. The highest BCUT2D eigenvalue weighted by Crippen LogP contribution is 2.20. The molecule has 1 rings (SSSR count). The van der Waals surface area contributed by atoms with Crippen molar-refractivity contribution in [2.45, 2.75) is 52.2 Å². The molecule has 0 aliphatic rings. The van der Waals surface area contributed by atoms with Crippen LogP contribution in [0.25, 0.3) is 0 Å². The maximum atomic E-state index is 13.3. The Bertz CT molecular complexity index is 404. The molecule has 0 saturated carbocycles. The van der Waals surface area contributed by atoms with Gasteiger partial charge in [-0.1, -0.05) is 13.0 Å². The van der Waals surface area contributed by atoms with Crippen LogP contribution in [-0.4, -0.2) is 25.3 Å². The first-order valence-electron chi connectivity index (χ1n) is 6.91. The van der Waals surface area contributed by atoms with Crippen LogP contribution < -0.4 is 5.32 Å². The van der Waals surface area contributed by atoms with E-state index in [9.17, 15) is 4.39 Å². The van der Waals surface area contributed by atoms with Gasteiger partial charge in [0, 0.05) is 13.2 Å². The predicted molar refractivity (Wildman–Crippen MR) is 78.0 cm³/mol. The van der Waals surface area contributed by atoms with E-state index < -0.39 is 0 Å². The fourth-order valence-corrected chi connectivity index (χ4v) is 2.31. The summed E-state index contributed by atoms with van der Waals surface area (Å²) in [4.78, 5) is 0. The van der Waals surface area contributed by atoms with E-state index in [0.717, 1.165) is 30.5 Å². The van der Waals surface area contributed by atoms with Crippen molar-refractivity contribution < 1.29 is 9.13 Å². The lowest BCUT2D eigenvalue weighted by Gasteiger charge is -2.29. The first-order chi connectivity index (χ1) is 8.88. The molecule has 0 radical (unpaired) electrons. The average molecular weight is 267 g/mol. The van der Waals surface area contributed by atoms with Crippen LogP contribution >= 0.6 is 0 Å². The van der Waals surface area contributed by atoms with Gasteiger partial charge in [0.1, 0.15) is 5.82 Å². The molecule has 0 aliphatic carbocycles. The third-order valence-corrected chi connectivity index (χ3v) is 3.56. The fourth-order valence-electron chi connectivity index (χ4n) is 2.31. The normalized spacial score (nSPS) is 13.6. The van der Waals surface area contributed by atoms with Gasteiger partial charge in [0.25, 0.3) is 0 Å². The van der Waals surface area contributed by atoms with Crippen molar-refractivity contribution in [2.24, 2.45) is 0 Å². The number of methoxy groups -OCH3 is 1. The average Bonchev–Trinajstić information content (AvgIpc) is 2.34. The zero-order chi connectivity index (χ0) is 14.5. The van der Waals surface area contributed by atoms with Gasteiger partial charge in [-0.3, -0.25) is 0 Å². The van der Waals surface area contributed by atoms with Gasteiger partial charge < -0.3 is 10.1 Å². The molecule has 0 aromatic heterocycles. The van der Waals surface area contributed by atoms with E-state index >= 15 is 0 Å². The summed E-state index contributed by atoms with van der Waals surface area (Å²) in [6, 6.07) is 5.29. The maximum Gasteiger partial charge on any atom is 0.123 e. The van der Waals surface area contributed by atoms with Gasteiger partial charge in [-0.2, -0.15) is 0 Å². The lowest BCUT2D eigenvalue weighted by Crippen LogP contribution is -2.39. The Morgan fingerprint density at radius 1 is 1.37 bits per heavy atom. The molecule has 3 heteroatoms. The number of aryl methyl sites for hydroxylation is 1. The van der Waals surface area contributed by atoms with Crippen molar-refractivity contribution in [3.05, 3.63) is 35.1 Å². The molecule has 1 aromatic rings. The fraction of sp³-hybridized carbons (Fsp3) is 0.625. The van der Waals surface area contributed by atoms with Crippen LogP contribution in [0.2, 0.25) is 0 Å². The van der Waals surface area contributed by atoms with E-state index in [1.807, 2.05) is 13.0 Å².